The van der Waals surface area contributed by atoms with Crippen molar-refractivity contribution in [3.05, 3.63) is 57.7 Å². The zero-order valence-corrected chi connectivity index (χ0v) is 16.9. The SMILES string of the molecule is CN=C(NCCc1c[nH]c2cc(F)ccc12)NCCN1CCc2sccc2C1. The Balaban J connectivity index is 1.21. The standard InChI is InChI=1S/C21H26FN5S/c1-23-21(25-8-10-27-9-5-20-16(14-27)6-11-28-20)24-7-4-15-13-26-19-12-17(22)2-3-18(15)19/h2-3,6,11-13,26H,4-5,7-10,14H2,1H3,(H2,23,24,25). The normalized spacial score (nSPS) is 15.0. The minimum absolute atomic E-state index is 0.215. The maximum atomic E-state index is 13.3. The van der Waals surface area contributed by atoms with E-state index in [2.05, 4.69) is 37.0 Å². The van der Waals surface area contributed by atoms with Gasteiger partial charge in [0.15, 0.2) is 5.96 Å². The van der Waals surface area contributed by atoms with Crippen molar-refractivity contribution in [1.82, 2.24) is 20.5 Å². The summed E-state index contributed by atoms with van der Waals surface area (Å²) < 4.78 is 13.3. The monoisotopic (exact) mass is 399 g/mol. The molecule has 5 nitrogen and oxygen atoms in total. The van der Waals surface area contributed by atoms with Crippen LogP contribution in [0.3, 0.4) is 0 Å². The molecule has 0 atom stereocenters. The van der Waals surface area contributed by atoms with E-state index in [0.29, 0.717) is 0 Å². The number of hydrogen-bond donors (Lipinski definition) is 3. The molecule has 1 aliphatic rings. The number of H-pyrrole nitrogens is 1. The van der Waals surface area contributed by atoms with E-state index in [-0.39, 0.29) is 5.82 Å². The Labute approximate surface area is 168 Å². The molecule has 0 unspecified atom stereocenters. The van der Waals surface area contributed by atoms with Crippen molar-refractivity contribution in [2.75, 3.05) is 33.2 Å². The smallest absolute Gasteiger partial charge is 0.191 e. The second-order valence-electron chi connectivity index (χ2n) is 7.07. The van der Waals surface area contributed by atoms with E-state index in [1.54, 1.807) is 11.9 Å². The summed E-state index contributed by atoms with van der Waals surface area (Å²) in [4.78, 5) is 11.5. The zero-order chi connectivity index (χ0) is 19.3. The third-order valence-corrected chi connectivity index (χ3v) is 6.27. The average molecular weight is 400 g/mol. The number of nitrogens with zero attached hydrogens (tertiary/aromatic N) is 2. The van der Waals surface area contributed by atoms with Gasteiger partial charge in [-0.3, -0.25) is 9.89 Å². The molecule has 0 fully saturated rings. The number of aromatic nitrogens is 1. The molecule has 7 heteroatoms. The first-order valence-electron chi connectivity index (χ1n) is 9.70. The fourth-order valence-electron chi connectivity index (χ4n) is 3.73. The number of fused-ring (bicyclic) bond motifs is 2. The summed E-state index contributed by atoms with van der Waals surface area (Å²) in [6.07, 6.45) is 3.96. The summed E-state index contributed by atoms with van der Waals surface area (Å²) >= 11 is 1.88. The van der Waals surface area contributed by atoms with Gasteiger partial charge in [0.2, 0.25) is 0 Å². The first-order chi connectivity index (χ1) is 13.7. The van der Waals surface area contributed by atoms with E-state index < -0.39 is 0 Å². The van der Waals surface area contributed by atoms with E-state index in [0.717, 1.165) is 62.4 Å². The molecule has 0 spiro atoms. The molecule has 0 amide bonds. The second-order valence-corrected chi connectivity index (χ2v) is 8.08. The largest absolute Gasteiger partial charge is 0.361 e. The van der Waals surface area contributed by atoms with Crippen LogP contribution in [0.4, 0.5) is 4.39 Å². The molecule has 1 aromatic carbocycles. The number of aromatic amines is 1. The third kappa shape index (κ3) is 4.36. The van der Waals surface area contributed by atoms with Gasteiger partial charge in [0, 0.05) is 61.7 Å². The van der Waals surface area contributed by atoms with Gasteiger partial charge in [-0.05, 0) is 53.6 Å². The highest BCUT2D eigenvalue weighted by molar-refractivity contribution is 7.10. The summed E-state index contributed by atoms with van der Waals surface area (Å²) in [5.41, 5.74) is 3.50. The Bertz CT molecular complexity index is 961. The average Bonchev–Trinajstić information content (AvgIpc) is 3.33. The van der Waals surface area contributed by atoms with Gasteiger partial charge in [0.25, 0.3) is 0 Å². The summed E-state index contributed by atoms with van der Waals surface area (Å²) in [7, 11) is 1.79. The second kappa shape index (κ2) is 8.75. The van der Waals surface area contributed by atoms with E-state index in [4.69, 9.17) is 0 Å². The number of aliphatic imine (C=N–C) groups is 1. The molecule has 3 N–H and O–H groups in total. The van der Waals surface area contributed by atoms with Crippen LogP contribution in [0.2, 0.25) is 0 Å². The fraction of sp³-hybridized carbons (Fsp3) is 0.381. The fourth-order valence-corrected chi connectivity index (χ4v) is 4.62. The predicted octanol–water partition coefficient (Wildman–Crippen LogP) is 3.13. The minimum atomic E-state index is -0.215. The van der Waals surface area contributed by atoms with Crippen LogP contribution in [0.5, 0.6) is 0 Å². The molecule has 148 valence electrons. The van der Waals surface area contributed by atoms with Crippen LogP contribution in [0, 0.1) is 5.82 Å². The Kier molecular flexibility index (Phi) is 5.92. The number of benzene rings is 1. The molecule has 3 aromatic rings. The third-order valence-electron chi connectivity index (χ3n) is 5.25. The summed E-state index contributed by atoms with van der Waals surface area (Å²) in [6, 6.07) is 7.12. The van der Waals surface area contributed by atoms with Gasteiger partial charge >= 0.3 is 0 Å². The lowest BCUT2D eigenvalue weighted by atomic mass is 10.1. The molecule has 28 heavy (non-hydrogen) atoms. The van der Waals surface area contributed by atoms with Crippen LogP contribution in [0.25, 0.3) is 10.9 Å². The summed E-state index contributed by atoms with van der Waals surface area (Å²) in [5.74, 6) is 0.603. The first kappa shape index (κ1) is 19.0. The van der Waals surface area contributed by atoms with Crippen LogP contribution in [-0.4, -0.2) is 49.1 Å². The van der Waals surface area contributed by atoms with Crippen LogP contribution in [-0.2, 0) is 19.4 Å². The van der Waals surface area contributed by atoms with Gasteiger partial charge in [-0.2, -0.15) is 0 Å². The van der Waals surface area contributed by atoms with Crippen molar-refractivity contribution >= 4 is 28.2 Å². The highest BCUT2D eigenvalue weighted by Crippen LogP contribution is 2.23. The topological polar surface area (TPSA) is 55.5 Å². The minimum Gasteiger partial charge on any atom is -0.361 e. The van der Waals surface area contributed by atoms with Crippen LogP contribution < -0.4 is 10.6 Å². The van der Waals surface area contributed by atoms with Gasteiger partial charge in [-0.25, -0.2) is 4.39 Å². The van der Waals surface area contributed by atoms with Crippen molar-refractivity contribution in [3.8, 4) is 0 Å². The molecule has 0 radical (unpaired) electrons. The summed E-state index contributed by atoms with van der Waals surface area (Å²) in [6.45, 7) is 4.82. The van der Waals surface area contributed by atoms with Crippen molar-refractivity contribution in [2.45, 2.75) is 19.4 Å². The number of rotatable bonds is 6. The maximum Gasteiger partial charge on any atom is 0.191 e. The molecular weight excluding hydrogens is 373 g/mol. The van der Waals surface area contributed by atoms with Gasteiger partial charge in [0.05, 0.1) is 0 Å². The van der Waals surface area contributed by atoms with Gasteiger partial charge in [0.1, 0.15) is 5.82 Å². The molecule has 1 aliphatic heterocycles. The molecular formula is C21H26FN5S. The Morgan fingerprint density at radius 2 is 2.18 bits per heavy atom. The van der Waals surface area contributed by atoms with E-state index in [1.807, 2.05) is 23.6 Å². The molecule has 0 saturated heterocycles. The lowest BCUT2D eigenvalue weighted by molar-refractivity contribution is 0.260. The van der Waals surface area contributed by atoms with Crippen LogP contribution in [0.1, 0.15) is 16.0 Å². The van der Waals surface area contributed by atoms with Crippen LogP contribution >= 0.6 is 11.3 Å². The number of hydrogen-bond acceptors (Lipinski definition) is 3. The number of thiophene rings is 1. The molecule has 2 aromatic heterocycles. The van der Waals surface area contributed by atoms with Gasteiger partial charge < -0.3 is 15.6 Å². The van der Waals surface area contributed by atoms with Crippen molar-refractivity contribution in [2.24, 2.45) is 4.99 Å². The Morgan fingerprint density at radius 3 is 3.07 bits per heavy atom. The first-order valence-corrected chi connectivity index (χ1v) is 10.6. The lowest BCUT2D eigenvalue weighted by Gasteiger charge is -2.27. The van der Waals surface area contributed by atoms with Crippen molar-refractivity contribution in [3.63, 3.8) is 0 Å². The van der Waals surface area contributed by atoms with Crippen molar-refractivity contribution < 1.29 is 4.39 Å². The molecule has 0 saturated carbocycles. The zero-order valence-electron chi connectivity index (χ0n) is 16.1. The van der Waals surface area contributed by atoms with E-state index in [1.165, 1.54) is 23.3 Å². The van der Waals surface area contributed by atoms with Crippen LogP contribution in [0.15, 0.2) is 40.8 Å². The highest BCUT2D eigenvalue weighted by atomic mass is 32.1. The number of nitrogens with one attached hydrogen (secondary N) is 3. The number of halogens is 1. The Morgan fingerprint density at radius 1 is 1.29 bits per heavy atom. The van der Waals surface area contributed by atoms with E-state index >= 15 is 0 Å². The molecule has 4 rings (SSSR count). The summed E-state index contributed by atoms with van der Waals surface area (Å²) in [5, 5.41) is 10.0. The highest BCUT2D eigenvalue weighted by Gasteiger charge is 2.16. The molecule has 0 aliphatic carbocycles. The Hall–Kier alpha value is -2.38. The van der Waals surface area contributed by atoms with Gasteiger partial charge in [-0.1, -0.05) is 0 Å². The lowest BCUT2D eigenvalue weighted by Crippen LogP contribution is -2.43. The van der Waals surface area contributed by atoms with Crippen molar-refractivity contribution in [1.29, 1.82) is 0 Å². The molecule has 0 bridgehead atoms. The number of guanidine groups is 1. The quantitative estimate of drug-likeness (QED) is 0.441. The van der Waals surface area contributed by atoms with Gasteiger partial charge in [-0.15, -0.1) is 11.3 Å². The van der Waals surface area contributed by atoms with E-state index in [9.17, 15) is 4.39 Å². The maximum absolute atomic E-state index is 13.3. The molecule has 3 heterocycles. The predicted molar refractivity (Wildman–Crippen MR) is 115 cm³/mol.